The lowest BCUT2D eigenvalue weighted by molar-refractivity contribution is 0.0459. The van der Waals surface area contributed by atoms with Crippen LogP contribution >= 0.6 is 0 Å². The molecular formula is C19H20O7. The van der Waals surface area contributed by atoms with Crippen LogP contribution in [0.2, 0.25) is 0 Å². The van der Waals surface area contributed by atoms with Crippen molar-refractivity contribution in [2.24, 2.45) is 0 Å². The summed E-state index contributed by atoms with van der Waals surface area (Å²) in [5, 5.41) is 19.1. The van der Waals surface area contributed by atoms with Gasteiger partial charge in [0, 0.05) is 31.9 Å². The van der Waals surface area contributed by atoms with Crippen LogP contribution in [-0.4, -0.2) is 43.8 Å². The summed E-state index contributed by atoms with van der Waals surface area (Å²) < 4.78 is 20.6. The van der Waals surface area contributed by atoms with Gasteiger partial charge in [0.25, 0.3) is 0 Å². The smallest absolute Gasteiger partial charge is 0.189 e. The molecule has 0 heterocycles. The van der Waals surface area contributed by atoms with Crippen LogP contribution in [0.15, 0.2) is 42.5 Å². The second kappa shape index (κ2) is 9.45. The standard InChI is InChI=1S/C19H20O7/c1-23-11-25-15-6-3-13(19(10-15)26-12-24-2)4-8-17(21)16-7-5-14(20)9-18(16)22/h3-10,20,22H,11-12H2,1-2H3. The normalized spacial score (nSPS) is 10.8. The van der Waals surface area contributed by atoms with Crippen LogP contribution in [0.1, 0.15) is 15.9 Å². The molecule has 0 atom stereocenters. The summed E-state index contributed by atoms with van der Waals surface area (Å²) in [6, 6.07) is 8.87. The van der Waals surface area contributed by atoms with Gasteiger partial charge in [-0.2, -0.15) is 0 Å². The molecule has 0 fully saturated rings. The van der Waals surface area contributed by atoms with Crippen LogP contribution in [0.5, 0.6) is 23.0 Å². The molecule has 26 heavy (non-hydrogen) atoms. The quantitative estimate of drug-likeness (QED) is 0.403. The van der Waals surface area contributed by atoms with E-state index in [0.29, 0.717) is 17.1 Å². The molecule has 2 N–H and O–H groups in total. The first-order chi connectivity index (χ1) is 12.5. The third kappa shape index (κ3) is 5.23. The Labute approximate surface area is 151 Å². The predicted octanol–water partition coefficient (Wildman–Crippen LogP) is 2.96. The van der Waals surface area contributed by atoms with Crippen molar-refractivity contribution in [2.75, 3.05) is 27.8 Å². The second-order valence-corrected chi connectivity index (χ2v) is 5.20. The molecule has 0 amide bonds. The molecule has 2 rings (SSSR count). The molecule has 7 heteroatoms. The first kappa shape index (κ1) is 19.3. The highest BCUT2D eigenvalue weighted by molar-refractivity contribution is 6.08. The minimum Gasteiger partial charge on any atom is -0.508 e. The maximum Gasteiger partial charge on any atom is 0.189 e. The third-order valence-corrected chi connectivity index (χ3v) is 3.32. The van der Waals surface area contributed by atoms with E-state index >= 15 is 0 Å². The van der Waals surface area contributed by atoms with Crippen LogP contribution in [0.25, 0.3) is 6.08 Å². The predicted molar refractivity (Wildman–Crippen MR) is 94.6 cm³/mol. The van der Waals surface area contributed by atoms with E-state index in [2.05, 4.69) is 0 Å². The second-order valence-electron chi connectivity index (χ2n) is 5.20. The van der Waals surface area contributed by atoms with Crippen LogP contribution in [0, 0.1) is 0 Å². The van der Waals surface area contributed by atoms with Gasteiger partial charge in [0.15, 0.2) is 19.4 Å². The Morgan fingerprint density at radius 1 is 1.00 bits per heavy atom. The monoisotopic (exact) mass is 360 g/mol. The number of ether oxygens (including phenoxy) is 4. The number of benzene rings is 2. The Morgan fingerprint density at radius 2 is 1.73 bits per heavy atom. The first-order valence-corrected chi connectivity index (χ1v) is 7.67. The van der Waals surface area contributed by atoms with Gasteiger partial charge in [0.1, 0.15) is 23.0 Å². The number of hydrogen-bond acceptors (Lipinski definition) is 7. The van der Waals surface area contributed by atoms with Gasteiger partial charge in [0.05, 0.1) is 5.56 Å². The number of rotatable bonds is 9. The van der Waals surface area contributed by atoms with Crippen molar-refractivity contribution in [1.29, 1.82) is 0 Å². The highest BCUT2D eigenvalue weighted by Gasteiger charge is 2.10. The van der Waals surface area contributed by atoms with Crippen LogP contribution in [0.3, 0.4) is 0 Å². The maximum absolute atomic E-state index is 12.2. The molecule has 2 aromatic carbocycles. The molecule has 7 nitrogen and oxygen atoms in total. The third-order valence-electron chi connectivity index (χ3n) is 3.32. The van der Waals surface area contributed by atoms with Crippen LogP contribution < -0.4 is 9.47 Å². The van der Waals surface area contributed by atoms with E-state index in [9.17, 15) is 15.0 Å². The zero-order valence-electron chi connectivity index (χ0n) is 14.5. The maximum atomic E-state index is 12.2. The minimum absolute atomic E-state index is 0.0290. The molecule has 0 saturated carbocycles. The molecule has 0 bridgehead atoms. The van der Waals surface area contributed by atoms with E-state index in [1.54, 1.807) is 24.3 Å². The molecule has 0 saturated heterocycles. The average Bonchev–Trinajstić information content (AvgIpc) is 2.63. The number of ketones is 1. The Bertz CT molecular complexity index is 783. The summed E-state index contributed by atoms with van der Waals surface area (Å²) in [6.45, 7) is 0.124. The summed E-state index contributed by atoms with van der Waals surface area (Å²) in [5.41, 5.74) is 0.705. The lowest BCUT2D eigenvalue weighted by Gasteiger charge is -2.11. The van der Waals surface area contributed by atoms with E-state index in [4.69, 9.17) is 18.9 Å². The van der Waals surface area contributed by atoms with E-state index < -0.39 is 5.78 Å². The van der Waals surface area contributed by atoms with Gasteiger partial charge in [0.2, 0.25) is 0 Å². The fourth-order valence-corrected chi connectivity index (χ4v) is 2.10. The van der Waals surface area contributed by atoms with Gasteiger partial charge >= 0.3 is 0 Å². The largest absolute Gasteiger partial charge is 0.508 e. The minimum atomic E-state index is -0.417. The average molecular weight is 360 g/mol. The molecule has 0 aliphatic carbocycles. The zero-order valence-corrected chi connectivity index (χ0v) is 14.5. The van der Waals surface area contributed by atoms with Crippen molar-refractivity contribution in [1.82, 2.24) is 0 Å². The van der Waals surface area contributed by atoms with Crippen molar-refractivity contribution in [3.8, 4) is 23.0 Å². The van der Waals surface area contributed by atoms with E-state index in [1.165, 1.54) is 32.4 Å². The Balaban J connectivity index is 2.22. The fourth-order valence-electron chi connectivity index (χ4n) is 2.10. The van der Waals surface area contributed by atoms with Gasteiger partial charge in [-0.1, -0.05) is 0 Å². The SMILES string of the molecule is COCOc1ccc(C=CC(=O)c2ccc(O)cc2O)c(OCOC)c1. The fraction of sp³-hybridized carbons (Fsp3) is 0.211. The number of phenolic OH excluding ortho intramolecular Hbond substituents is 2. The molecule has 2 aromatic rings. The molecule has 0 aliphatic heterocycles. The number of carbonyl (C=O) groups excluding carboxylic acids is 1. The van der Waals surface area contributed by atoms with Crippen molar-refractivity contribution in [2.45, 2.75) is 0 Å². The van der Waals surface area contributed by atoms with Crippen LogP contribution in [0.4, 0.5) is 0 Å². The number of methoxy groups -OCH3 is 2. The topological polar surface area (TPSA) is 94.5 Å². The summed E-state index contributed by atoms with van der Waals surface area (Å²) in [6.07, 6.45) is 2.86. The molecule has 0 aromatic heterocycles. The van der Waals surface area contributed by atoms with Gasteiger partial charge in [-0.3, -0.25) is 4.79 Å². The lowest BCUT2D eigenvalue weighted by atomic mass is 10.1. The zero-order chi connectivity index (χ0) is 18.9. The number of phenols is 2. The molecule has 0 radical (unpaired) electrons. The summed E-state index contributed by atoms with van der Waals surface area (Å²) in [5.74, 6) is 0.167. The number of allylic oxidation sites excluding steroid dienone is 1. The Hall–Kier alpha value is -3.03. The number of carbonyl (C=O) groups is 1. The summed E-state index contributed by atoms with van der Waals surface area (Å²) >= 11 is 0. The highest BCUT2D eigenvalue weighted by Crippen LogP contribution is 2.27. The van der Waals surface area contributed by atoms with Crippen molar-refractivity contribution < 1.29 is 34.0 Å². The number of aromatic hydroxyl groups is 2. The van der Waals surface area contributed by atoms with Crippen molar-refractivity contribution >= 4 is 11.9 Å². The van der Waals surface area contributed by atoms with Gasteiger partial charge in [-0.25, -0.2) is 0 Å². The molecular weight excluding hydrogens is 340 g/mol. The summed E-state index contributed by atoms with van der Waals surface area (Å²) in [7, 11) is 3.02. The summed E-state index contributed by atoms with van der Waals surface area (Å²) in [4.78, 5) is 12.2. The number of hydrogen-bond donors (Lipinski definition) is 2. The van der Waals surface area contributed by atoms with Gasteiger partial charge < -0.3 is 29.2 Å². The molecule has 138 valence electrons. The van der Waals surface area contributed by atoms with Crippen molar-refractivity contribution in [3.63, 3.8) is 0 Å². The molecule has 0 aliphatic rings. The van der Waals surface area contributed by atoms with Gasteiger partial charge in [-0.15, -0.1) is 0 Å². The van der Waals surface area contributed by atoms with Crippen molar-refractivity contribution in [3.05, 3.63) is 53.6 Å². The van der Waals surface area contributed by atoms with E-state index in [-0.39, 0.29) is 30.6 Å². The van der Waals surface area contributed by atoms with E-state index in [0.717, 1.165) is 6.07 Å². The Kier molecular flexibility index (Phi) is 7.02. The van der Waals surface area contributed by atoms with Gasteiger partial charge in [-0.05, 0) is 36.4 Å². The first-order valence-electron chi connectivity index (χ1n) is 7.67. The lowest BCUT2D eigenvalue weighted by Crippen LogP contribution is -2.03. The highest BCUT2D eigenvalue weighted by atomic mass is 16.7. The Morgan fingerprint density at radius 3 is 2.42 bits per heavy atom. The molecule has 0 unspecified atom stereocenters. The van der Waals surface area contributed by atoms with Crippen LogP contribution in [-0.2, 0) is 9.47 Å². The van der Waals surface area contributed by atoms with E-state index in [1.807, 2.05) is 0 Å². The molecule has 0 spiro atoms.